The van der Waals surface area contributed by atoms with Crippen LogP contribution in [0, 0.1) is 11.6 Å². The number of rotatable bonds is 3. The summed E-state index contributed by atoms with van der Waals surface area (Å²) in [6, 6.07) is 12.8. The van der Waals surface area contributed by atoms with E-state index in [2.05, 4.69) is 15.2 Å². The second-order valence-corrected chi connectivity index (χ2v) is 6.83. The third kappa shape index (κ3) is 2.57. The minimum atomic E-state index is -0.720. The summed E-state index contributed by atoms with van der Waals surface area (Å²) >= 11 is 0. The fourth-order valence-corrected chi connectivity index (χ4v) is 3.88. The summed E-state index contributed by atoms with van der Waals surface area (Å²) < 4.78 is 33.4. The summed E-state index contributed by atoms with van der Waals surface area (Å²) in [6.45, 7) is 0. The average Bonchev–Trinajstić information content (AvgIpc) is 3.37. The first-order chi connectivity index (χ1) is 13.7. The largest absolute Gasteiger partial charge is 0.442 e. The van der Waals surface area contributed by atoms with Crippen molar-refractivity contribution < 1.29 is 13.2 Å². The fraction of sp³-hybridized carbons (Fsp3) is 0.0909. The van der Waals surface area contributed by atoms with Gasteiger partial charge in [0.1, 0.15) is 17.3 Å². The topological polar surface area (TPSA) is 54.7 Å². The first-order valence-electron chi connectivity index (χ1n) is 8.83. The lowest BCUT2D eigenvalue weighted by atomic mass is 9.68. The summed E-state index contributed by atoms with van der Waals surface area (Å²) in [5, 5.41) is 7.43. The van der Waals surface area contributed by atoms with Gasteiger partial charge in [-0.2, -0.15) is 5.10 Å². The van der Waals surface area contributed by atoms with E-state index < -0.39 is 5.41 Å². The fourth-order valence-electron chi connectivity index (χ4n) is 3.88. The molecule has 28 heavy (non-hydrogen) atoms. The van der Waals surface area contributed by atoms with Crippen LogP contribution in [-0.2, 0) is 11.8 Å². The number of aromatic nitrogens is 3. The highest BCUT2D eigenvalue weighted by molar-refractivity contribution is 5.74. The molecule has 4 aromatic rings. The molecule has 0 saturated carbocycles. The van der Waals surface area contributed by atoms with Gasteiger partial charge in [0.05, 0.1) is 6.20 Å². The zero-order chi connectivity index (χ0) is 19.1. The molecule has 2 heterocycles. The maximum Gasteiger partial charge on any atom is 0.181 e. The van der Waals surface area contributed by atoms with E-state index in [9.17, 15) is 8.78 Å². The highest BCUT2D eigenvalue weighted by atomic mass is 19.1. The molecule has 1 aliphatic rings. The highest BCUT2D eigenvalue weighted by Crippen LogP contribution is 2.43. The Morgan fingerprint density at radius 2 is 1.71 bits per heavy atom. The van der Waals surface area contributed by atoms with Crippen molar-refractivity contribution in [3.8, 4) is 11.5 Å². The van der Waals surface area contributed by atoms with E-state index in [1.165, 1.54) is 30.7 Å². The molecule has 0 fully saturated rings. The number of aromatic amines is 1. The number of nitrogens with one attached hydrogen (secondary N) is 1. The van der Waals surface area contributed by atoms with Crippen molar-refractivity contribution in [1.29, 1.82) is 0 Å². The van der Waals surface area contributed by atoms with Crippen LogP contribution in [0.4, 0.5) is 8.78 Å². The standard InChI is InChI=1S/C22H15F2N3O/c23-16-5-1-3-14(9-16)22(15-4-2-6-17(24)10-15)8-7-18-19(11-22)26-27-21(18)20-12-25-13-28-20/h1-10,12-13H,11H2,(H,26,27). The molecule has 0 amide bonds. The van der Waals surface area contributed by atoms with Gasteiger partial charge in [0, 0.05) is 23.1 Å². The van der Waals surface area contributed by atoms with Gasteiger partial charge < -0.3 is 4.42 Å². The second kappa shape index (κ2) is 6.27. The van der Waals surface area contributed by atoms with Crippen LogP contribution >= 0.6 is 0 Å². The lowest BCUT2D eigenvalue weighted by molar-refractivity contribution is 0.569. The molecule has 1 aliphatic carbocycles. The van der Waals surface area contributed by atoms with Gasteiger partial charge in [-0.05, 0) is 35.4 Å². The van der Waals surface area contributed by atoms with E-state index in [0.717, 1.165) is 22.4 Å². The molecule has 1 N–H and O–H groups in total. The number of halogens is 2. The maximum absolute atomic E-state index is 14.0. The van der Waals surface area contributed by atoms with Crippen molar-refractivity contribution >= 4 is 6.08 Å². The minimum Gasteiger partial charge on any atom is -0.442 e. The van der Waals surface area contributed by atoms with E-state index in [1.807, 2.05) is 24.3 Å². The summed E-state index contributed by atoms with van der Waals surface area (Å²) in [4.78, 5) is 3.94. The summed E-state index contributed by atoms with van der Waals surface area (Å²) in [7, 11) is 0. The Hall–Kier alpha value is -3.54. The van der Waals surface area contributed by atoms with Gasteiger partial charge in [-0.3, -0.25) is 5.10 Å². The monoisotopic (exact) mass is 375 g/mol. The van der Waals surface area contributed by atoms with Crippen molar-refractivity contribution in [3.63, 3.8) is 0 Å². The summed E-state index contributed by atoms with van der Waals surface area (Å²) in [6.07, 6.45) is 7.34. The van der Waals surface area contributed by atoms with Crippen LogP contribution in [-0.4, -0.2) is 15.2 Å². The van der Waals surface area contributed by atoms with Gasteiger partial charge in [0.25, 0.3) is 0 Å². The molecule has 5 rings (SSSR count). The number of allylic oxidation sites excluding steroid dienone is 1. The Balaban J connectivity index is 1.69. The SMILES string of the molecule is Fc1cccc(C2(c3cccc(F)c3)C=Cc3c(-c4cnco4)n[nH]c3C2)c1. The zero-order valence-corrected chi connectivity index (χ0v) is 14.7. The Labute approximate surface area is 159 Å². The molecule has 0 unspecified atom stereocenters. The van der Waals surface area contributed by atoms with Crippen molar-refractivity contribution in [1.82, 2.24) is 15.2 Å². The van der Waals surface area contributed by atoms with E-state index in [4.69, 9.17) is 4.42 Å². The Kier molecular flexibility index (Phi) is 3.72. The number of fused-ring (bicyclic) bond motifs is 1. The molecule has 0 aliphatic heterocycles. The molecule has 4 nitrogen and oxygen atoms in total. The molecule has 0 spiro atoms. The first kappa shape index (κ1) is 16.6. The molecule has 138 valence electrons. The second-order valence-electron chi connectivity index (χ2n) is 6.83. The molecule has 0 bridgehead atoms. The van der Waals surface area contributed by atoms with Crippen LogP contribution < -0.4 is 0 Å². The predicted octanol–water partition coefficient (Wildman–Crippen LogP) is 4.90. The van der Waals surface area contributed by atoms with Gasteiger partial charge in [-0.15, -0.1) is 0 Å². The quantitative estimate of drug-likeness (QED) is 0.554. The van der Waals surface area contributed by atoms with Crippen LogP contribution in [0.3, 0.4) is 0 Å². The third-order valence-corrected chi connectivity index (χ3v) is 5.22. The Morgan fingerprint density at radius 1 is 1.00 bits per heavy atom. The van der Waals surface area contributed by atoms with E-state index in [1.54, 1.807) is 18.3 Å². The van der Waals surface area contributed by atoms with Gasteiger partial charge >= 0.3 is 0 Å². The van der Waals surface area contributed by atoms with Gasteiger partial charge in [0.15, 0.2) is 12.2 Å². The third-order valence-electron chi connectivity index (χ3n) is 5.22. The minimum absolute atomic E-state index is 0.334. The first-order valence-corrected chi connectivity index (χ1v) is 8.83. The summed E-state index contributed by atoms with van der Waals surface area (Å²) in [5.41, 5.74) is 3.19. The highest BCUT2D eigenvalue weighted by Gasteiger charge is 2.37. The van der Waals surface area contributed by atoms with Crippen molar-refractivity contribution in [2.75, 3.05) is 0 Å². The van der Waals surface area contributed by atoms with Crippen LogP contribution in [0.2, 0.25) is 0 Å². The average molecular weight is 375 g/mol. The molecule has 2 aromatic carbocycles. The predicted molar refractivity (Wildman–Crippen MR) is 100 cm³/mol. The Morgan fingerprint density at radius 3 is 2.32 bits per heavy atom. The number of hydrogen-bond donors (Lipinski definition) is 1. The van der Waals surface area contributed by atoms with Crippen LogP contribution in [0.25, 0.3) is 17.5 Å². The van der Waals surface area contributed by atoms with E-state index in [0.29, 0.717) is 17.9 Å². The van der Waals surface area contributed by atoms with E-state index in [-0.39, 0.29) is 11.6 Å². The lowest BCUT2D eigenvalue weighted by Gasteiger charge is -2.34. The van der Waals surface area contributed by atoms with Gasteiger partial charge in [0.2, 0.25) is 0 Å². The molecular weight excluding hydrogens is 360 g/mol. The van der Waals surface area contributed by atoms with Gasteiger partial charge in [-0.1, -0.05) is 36.4 Å². The number of oxazole rings is 1. The molecule has 6 heteroatoms. The van der Waals surface area contributed by atoms with Crippen molar-refractivity contribution in [3.05, 3.63) is 101 Å². The summed E-state index contributed by atoms with van der Waals surface area (Å²) in [5.74, 6) is -0.106. The molecule has 0 atom stereocenters. The molecule has 2 aromatic heterocycles. The van der Waals surface area contributed by atoms with E-state index >= 15 is 0 Å². The molecular formula is C22H15F2N3O. The van der Waals surface area contributed by atoms with Crippen LogP contribution in [0.15, 0.2) is 71.6 Å². The van der Waals surface area contributed by atoms with Gasteiger partial charge in [-0.25, -0.2) is 13.8 Å². The molecule has 0 saturated heterocycles. The smallest absolute Gasteiger partial charge is 0.181 e. The number of hydrogen-bond acceptors (Lipinski definition) is 3. The zero-order valence-electron chi connectivity index (χ0n) is 14.7. The normalized spacial score (nSPS) is 14.8. The number of H-pyrrole nitrogens is 1. The van der Waals surface area contributed by atoms with Crippen LogP contribution in [0.1, 0.15) is 22.4 Å². The number of benzene rings is 2. The van der Waals surface area contributed by atoms with Crippen molar-refractivity contribution in [2.24, 2.45) is 0 Å². The maximum atomic E-state index is 14.0. The Bertz CT molecular complexity index is 1130. The molecule has 0 radical (unpaired) electrons. The number of nitrogens with zero attached hydrogens (tertiary/aromatic N) is 2. The van der Waals surface area contributed by atoms with Crippen LogP contribution in [0.5, 0.6) is 0 Å². The lowest BCUT2D eigenvalue weighted by Crippen LogP contribution is -2.30. The van der Waals surface area contributed by atoms with Crippen molar-refractivity contribution in [2.45, 2.75) is 11.8 Å².